The number of carbonyl (C=O) groups excluding carboxylic acids is 3. The predicted octanol–water partition coefficient (Wildman–Crippen LogP) is 5.73. The summed E-state index contributed by atoms with van der Waals surface area (Å²) in [6.45, 7) is 5.64. The van der Waals surface area contributed by atoms with Crippen molar-refractivity contribution in [1.82, 2.24) is 4.90 Å². The van der Waals surface area contributed by atoms with E-state index < -0.39 is 0 Å². The molecule has 5 rings (SSSR count). The molecule has 178 valence electrons. The second-order valence-electron chi connectivity index (χ2n) is 11.2. The number of likely N-dealkylation sites (tertiary alicyclic amines) is 1. The lowest BCUT2D eigenvalue weighted by atomic mass is 9.73. The van der Waals surface area contributed by atoms with Crippen LogP contribution in [0.4, 0.5) is 0 Å². The molecule has 1 heterocycles. The predicted molar refractivity (Wildman–Crippen MR) is 133 cm³/mol. The van der Waals surface area contributed by atoms with E-state index in [-0.39, 0.29) is 28.9 Å². The Kier molecular flexibility index (Phi) is 6.18. The third-order valence-electron chi connectivity index (χ3n) is 8.31. The summed E-state index contributed by atoms with van der Waals surface area (Å²) in [5.74, 6) is 1.73. The van der Waals surface area contributed by atoms with Gasteiger partial charge in [0.15, 0.2) is 5.78 Å². The van der Waals surface area contributed by atoms with E-state index in [1.54, 1.807) is 0 Å². The second kappa shape index (κ2) is 9.13. The van der Waals surface area contributed by atoms with Crippen LogP contribution in [0.15, 0.2) is 48.5 Å². The Labute approximate surface area is 202 Å². The van der Waals surface area contributed by atoms with Gasteiger partial charge < -0.3 is 4.90 Å². The molecule has 2 aromatic rings. The van der Waals surface area contributed by atoms with Gasteiger partial charge in [0.2, 0.25) is 5.91 Å². The van der Waals surface area contributed by atoms with Crippen LogP contribution < -0.4 is 0 Å². The molecule has 2 aromatic carbocycles. The van der Waals surface area contributed by atoms with Crippen molar-refractivity contribution in [1.29, 1.82) is 0 Å². The molecule has 0 atom stereocenters. The molecule has 1 amide bonds. The van der Waals surface area contributed by atoms with Crippen molar-refractivity contribution < 1.29 is 14.4 Å². The van der Waals surface area contributed by atoms with Crippen LogP contribution in [0, 0.1) is 23.2 Å². The summed E-state index contributed by atoms with van der Waals surface area (Å²) >= 11 is 0. The van der Waals surface area contributed by atoms with Crippen LogP contribution in [0.5, 0.6) is 0 Å². The molecule has 0 unspecified atom stereocenters. The number of piperidine rings is 1. The number of nitrogens with zero attached hydrogens (tertiary/aromatic N) is 1. The third kappa shape index (κ3) is 4.73. The highest BCUT2D eigenvalue weighted by Gasteiger charge is 2.47. The molecule has 1 saturated heterocycles. The fourth-order valence-electron chi connectivity index (χ4n) is 5.56. The topological polar surface area (TPSA) is 54.5 Å². The van der Waals surface area contributed by atoms with Crippen molar-refractivity contribution in [3.05, 3.63) is 59.7 Å². The fourth-order valence-corrected chi connectivity index (χ4v) is 5.56. The van der Waals surface area contributed by atoms with Crippen molar-refractivity contribution in [2.45, 2.75) is 58.8 Å². The van der Waals surface area contributed by atoms with Crippen LogP contribution in [-0.2, 0) is 16.0 Å². The van der Waals surface area contributed by atoms with Gasteiger partial charge in [-0.25, -0.2) is 0 Å². The molecule has 0 N–H and O–H groups in total. The smallest absolute Gasteiger partial charge is 0.228 e. The molecule has 1 aliphatic heterocycles. The Morgan fingerprint density at radius 1 is 0.912 bits per heavy atom. The lowest BCUT2D eigenvalue weighted by Gasteiger charge is -2.33. The lowest BCUT2D eigenvalue weighted by molar-refractivity contribution is -0.137. The Hall–Kier alpha value is -2.75. The van der Waals surface area contributed by atoms with Crippen molar-refractivity contribution in [3.63, 3.8) is 0 Å². The lowest BCUT2D eigenvalue weighted by Crippen LogP contribution is -2.43. The highest BCUT2D eigenvalue weighted by Crippen LogP contribution is 2.47. The van der Waals surface area contributed by atoms with E-state index >= 15 is 0 Å². The van der Waals surface area contributed by atoms with Crippen molar-refractivity contribution >= 4 is 17.5 Å². The molecule has 4 nitrogen and oxygen atoms in total. The number of carbonyl (C=O) groups is 3. The summed E-state index contributed by atoms with van der Waals surface area (Å²) in [5.41, 5.74) is 3.80. The molecule has 0 spiro atoms. The molecule has 2 aliphatic carbocycles. The van der Waals surface area contributed by atoms with Gasteiger partial charge in [-0.1, -0.05) is 62.4 Å². The minimum Gasteiger partial charge on any atom is -0.342 e. The SMILES string of the molecule is CC1CC(C(=O)Cc2cccc(-c3ccc(C(=O)C4CCN(C(=O)C5(C)CC5)CC4)cc3)c2)C1. The Morgan fingerprint density at radius 3 is 2.21 bits per heavy atom. The normalized spacial score (nSPS) is 23.8. The molecule has 0 radical (unpaired) electrons. The molecule has 0 aromatic heterocycles. The number of ketones is 2. The van der Waals surface area contributed by atoms with Crippen LogP contribution in [0.1, 0.15) is 68.3 Å². The van der Waals surface area contributed by atoms with Crippen molar-refractivity contribution in [2.24, 2.45) is 23.2 Å². The minimum atomic E-state index is -0.132. The highest BCUT2D eigenvalue weighted by molar-refractivity contribution is 5.98. The van der Waals surface area contributed by atoms with Crippen LogP contribution in [0.2, 0.25) is 0 Å². The van der Waals surface area contributed by atoms with E-state index in [2.05, 4.69) is 26.0 Å². The molecule has 3 fully saturated rings. The van der Waals surface area contributed by atoms with Gasteiger partial charge in [-0.05, 0) is 61.1 Å². The first-order valence-electron chi connectivity index (χ1n) is 12.9. The zero-order chi connectivity index (χ0) is 23.9. The molecule has 2 saturated carbocycles. The van der Waals surface area contributed by atoms with Crippen molar-refractivity contribution in [3.8, 4) is 11.1 Å². The molecular formula is C30H35NO3. The second-order valence-corrected chi connectivity index (χ2v) is 11.2. The van der Waals surface area contributed by atoms with Crippen LogP contribution in [0.3, 0.4) is 0 Å². The van der Waals surface area contributed by atoms with Gasteiger partial charge in [0, 0.05) is 42.3 Å². The number of rotatable bonds is 7. The van der Waals surface area contributed by atoms with Gasteiger partial charge in [-0.3, -0.25) is 14.4 Å². The first-order chi connectivity index (χ1) is 16.3. The Balaban J connectivity index is 1.19. The van der Waals surface area contributed by atoms with Crippen molar-refractivity contribution in [2.75, 3.05) is 13.1 Å². The van der Waals surface area contributed by atoms with Gasteiger partial charge in [0.25, 0.3) is 0 Å². The molecular weight excluding hydrogens is 422 g/mol. The number of hydrogen-bond acceptors (Lipinski definition) is 3. The van der Waals surface area contributed by atoms with E-state index in [9.17, 15) is 14.4 Å². The maximum atomic E-state index is 13.1. The monoisotopic (exact) mass is 457 g/mol. The zero-order valence-electron chi connectivity index (χ0n) is 20.4. The number of hydrogen-bond donors (Lipinski definition) is 0. The largest absolute Gasteiger partial charge is 0.342 e. The number of benzene rings is 2. The number of Topliss-reactive ketones (excluding diaryl/α,β-unsaturated/α-hetero) is 2. The van der Waals surface area contributed by atoms with Gasteiger partial charge in [-0.2, -0.15) is 0 Å². The summed E-state index contributed by atoms with van der Waals surface area (Å²) in [5, 5.41) is 0. The Morgan fingerprint density at radius 2 is 1.59 bits per heavy atom. The maximum Gasteiger partial charge on any atom is 0.228 e. The van der Waals surface area contributed by atoms with Gasteiger partial charge >= 0.3 is 0 Å². The van der Waals surface area contributed by atoms with Gasteiger partial charge in [-0.15, -0.1) is 0 Å². The summed E-state index contributed by atoms with van der Waals surface area (Å²) in [7, 11) is 0. The first-order valence-corrected chi connectivity index (χ1v) is 12.9. The summed E-state index contributed by atoms with van der Waals surface area (Å²) < 4.78 is 0. The Bertz CT molecular complexity index is 1080. The number of amides is 1. The van der Waals surface area contributed by atoms with Crippen LogP contribution >= 0.6 is 0 Å². The van der Waals surface area contributed by atoms with E-state index in [1.165, 1.54) is 0 Å². The third-order valence-corrected chi connectivity index (χ3v) is 8.31. The summed E-state index contributed by atoms with van der Waals surface area (Å²) in [4.78, 5) is 40.1. The van der Waals surface area contributed by atoms with Crippen LogP contribution in [-0.4, -0.2) is 35.5 Å². The van der Waals surface area contributed by atoms with Gasteiger partial charge in [0.05, 0.1) is 0 Å². The summed E-state index contributed by atoms with van der Waals surface area (Å²) in [6.07, 6.45) is 6.05. The standard InChI is InChI=1S/C30H35NO3/c1-20-16-26(17-20)27(32)19-21-4-3-5-25(18-21)22-6-8-23(9-7-22)28(33)24-10-14-31(15-11-24)29(34)30(2)12-13-30/h3-9,18,20,24,26H,10-17,19H2,1-2H3. The summed E-state index contributed by atoms with van der Waals surface area (Å²) in [6, 6.07) is 16.1. The molecule has 34 heavy (non-hydrogen) atoms. The molecule has 0 bridgehead atoms. The molecule has 3 aliphatic rings. The average Bonchev–Trinajstić information content (AvgIpc) is 3.60. The maximum absolute atomic E-state index is 13.1. The first kappa shape index (κ1) is 23.0. The van der Waals surface area contributed by atoms with Gasteiger partial charge in [0.1, 0.15) is 5.78 Å². The van der Waals surface area contributed by atoms with Crippen LogP contribution in [0.25, 0.3) is 11.1 Å². The van der Waals surface area contributed by atoms with E-state index in [0.29, 0.717) is 31.2 Å². The molecule has 4 heteroatoms. The van der Waals surface area contributed by atoms with E-state index in [4.69, 9.17) is 0 Å². The van der Waals surface area contributed by atoms with E-state index in [1.807, 2.05) is 41.3 Å². The minimum absolute atomic E-state index is 0.00882. The highest BCUT2D eigenvalue weighted by atomic mass is 16.2. The van der Waals surface area contributed by atoms with E-state index in [0.717, 1.165) is 60.8 Å². The fraction of sp³-hybridized carbons (Fsp3) is 0.500. The zero-order valence-corrected chi connectivity index (χ0v) is 20.4. The average molecular weight is 458 g/mol. The quantitative estimate of drug-likeness (QED) is 0.499.